The molecule has 0 amide bonds. The van der Waals surface area contributed by atoms with Gasteiger partial charge in [0.2, 0.25) is 0 Å². The second kappa shape index (κ2) is 10.5. The van der Waals surface area contributed by atoms with E-state index in [1.807, 2.05) is 0 Å². The molecule has 0 N–H and O–H groups in total. The molecule has 1 aliphatic rings. The maximum atomic E-state index is 2.47. The van der Waals surface area contributed by atoms with Crippen LogP contribution in [0.25, 0.3) is 66.1 Å². The summed E-state index contributed by atoms with van der Waals surface area (Å²) in [7, 11) is 0. The van der Waals surface area contributed by atoms with Gasteiger partial charge >= 0.3 is 0 Å². The third-order valence-corrected chi connectivity index (χ3v) is 9.98. The first kappa shape index (κ1) is 26.8. The Kier molecular flexibility index (Phi) is 6.11. The molecule has 0 spiro atoms. The third kappa shape index (κ3) is 4.10. The normalized spacial score (nSPS) is 16.5. The molecule has 0 bridgehead atoms. The molecule has 220 valence electrons. The summed E-state index contributed by atoms with van der Waals surface area (Å²) in [4.78, 5) is 0. The highest BCUT2D eigenvalue weighted by Gasteiger charge is 2.23. The number of para-hydroxylation sites is 3. The van der Waals surface area contributed by atoms with Crippen molar-refractivity contribution >= 4 is 49.3 Å². The first-order chi connectivity index (χ1) is 22.7. The number of benzene rings is 6. The van der Waals surface area contributed by atoms with Crippen LogP contribution in [0.2, 0.25) is 0 Å². The Balaban J connectivity index is 1.20. The van der Waals surface area contributed by atoms with Crippen LogP contribution in [-0.2, 0) is 0 Å². The number of allylic oxidation sites excluding steroid dienone is 4. The summed E-state index contributed by atoms with van der Waals surface area (Å²) in [6.45, 7) is 4.55. The number of fused-ring (bicyclic) bond motifs is 6. The summed E-state index contributed by atoms with van der Waals surface area (Å²) in [5, 5.41) is 5.11. The fourth-order valence-electron chi connectivity index (χ4n) is 7.70. The number of hydrogen-bond donors (Lipinski definition) is 0. The summed E-state index contributed by atoms with van der Waals surface area (Å²) >= 11 is 0. The molecule has 9 rings (SSSR count). The Labute approximate surface area is 269 Å². The van der Waals surface area contributed by atoms with Gasteiger partial charge in [-0.25, -0.2) is 0 Å². The molecule has 2 heteroatoms. The van der Waals surface area contributed by atoms with Crippen molar-refractivity contribution in [3.63, 3.8) is 0 Å². The maximum absolute atomic E-state index is 2.47. The fourth-order valence-corrected chi connectivity index (χ4v) is 7.70. The van der Waals surface area contributed by atoms with E-state index >= 15 is 0 Å². The van der Waals surface area contributed by atoms with Crippen molar-refractivity contribution in [3.05, 3.63) is 169 Å². The lowest BCUT2D eigenvalue weighted by atomic mass is 9.81. The van der Waals surface area contributed by atoms with E-state index in [0.29, 0.717) is 11.8 Å². The Morgan fingerprint density at radius 2 is 1.09 bits per heavy atom. The van der Waals surface area contributed by atoms with Gasteiger partial charge in [-0.3, -0.25) is 0 Å². The van der Waals surface area contributed by atoms with Crippen LogP contribution in [0.3, 0.4) is 0 Å². The van der Waals surface area contributed by atoms with E-state index in [0.717, 1.165) is 0 Å². The van der Waals surface area contributed by atoms with E-state index in [4.69, 9.17) is 0 Å². The van der Waals surface area contributed by atoms with Gasteiger partial charge in [0.15, 0.2) is 0 Å². The van der Waals surface area contributed by atoms with Crippen LogP contribution < -0.4 is 0 Å². The van der Waals surface area contributed by atoms with E-state index in [1.165, 1.54) is 77.2 Å². The smallest absolute Gasteiger partial charge is 0.0541 e. The van der Waals surface area contributed by atoms with Gasteiger partial charge in [0.25, 0.3) is 0 Å². The van der Waals surface area contributed by atoms with Crippen molar-refractivity contribution in [3.8, 4) is 16.8 Å². The molecule has 2 unspecified atom stereocenters. The second-order valence-electron chi connectivity index (χ2n) is 12.7. The molecule has 0 saturated carbocycles. The lowest BCUT2D eigenvalue weighted by Crippen LogP contribution is -2.12. The first-order valence-electron chi connectivity index (χ1n) is 16.2. The van der Waals surface area contributed by atoms with Crippen molar-refractivity contribution in [2.24, 2.45) is 5.92 Å². The van der Waals surface area contributed by atoms with Gasteiger partial charge in [0.05, 0.1) is 22.1 Å². The minimum Gasteiger partial charge on any atom is -0.310 e. The van der Waals surface area contributed by atoms with Crippen molar-refractivity contribution in [1.29, 1.82) is 0 Å². The van der Waals surface area contributed by atoms with Gasteiger partial charge < -0.3 is 9.13 Å². The van der Waals surface area contributed by atoms with Crippen LogP contribution in [0.5, 0.6) is 0 Å². The molecule has 2 heterocycles. The number of rotatable bonds is 4. The van der Waals surface area contributed by atoms with E-state index in [2.05, 4.69) is 181 Å². The minimum atomic E-state index is 0.334. The second-order valence-corrected chi connectivity index (χ2v) is 12.7. The molecule has 46 heavy (non-hydrogen) atoms. The van der Waals surface area contributed by atoms with Gasteiger partial charge in [-0.15, -0.1) is 0 Å². The van der Waals surface area contributed by atoms with Gasteiger partial charge in [0.1, 0.15) is 0 Å². The van der Waals surface area contributed by atoms with Crippen molar-refractivity contribution in [2.75, 3.05) is 0 Å². The summed E-state index contributed by atoms with van der Waals surface area (Å²) < 4.78 is 4.85. The minimum absolute atomic E-state index is 0.334. The average Bonchev–Trinajstić information content (AvgIpc) is 3.62. The molecule has 0 radical (unpaired) electrons. The van der Waals surface area contributed by atoms with Gasteiger partial charge in [0, 0.05) is 38.8 Å². The molecule has 0 fully saturated rings. The standard InChI is InChI=1S/C44H34N2/c1-29-12-3-4-15-35(29)39-28-34(24-22-30(39)2)46-43-21-10-7-18-38(43)40-27-32(23-25-44(40)46)31-13-11-14-33(26-31)45-41-19-8-5-16-36(41)37-17-6-9-20-42(37)45/h3-28,30,39H,1-2H3. The Morgan fingerprint density at radius 3 is 1.80 bits per heavy atom. The molecule has 2 nitrogen and oxygen atoms in total. The van der Waals surface area contributed by atoms with Crippen LogP contribution in [0.4, 0.5) is 0 Å². The van der Waals surface area contributed by atoms with E-state index < -0.39 is 0 Å². The number of aryl methyl sites for hydroxylation is 1. The lowest BCUT2D eigenvalue weighted by molar-refractivity contribution is 0.632. The third-order valence-electron chi connectivity index (χ3n) is 9.98. The zero-order valence-corrected chi connectivity index (χ0v) is 26.1. The summed E-state index contributed by atoms with van der Waals surface area (Å²) in [6.07, 6.45) is 7.16. The van der Waals surface area contributed by atoms with Crippen LogP contribution >= 0.6 is 0 Å². The Morgan fingerprint density at radius 1 is 0.500 bits per heavy atom. The lowest BCUT2D eigenvalue weighted by Gasteiger charge is -2.26. The molecule has 0 saturated heterocycles. The fraction of sp³-hybridized carbons (Fsp3) is 0.0909. The zero-order chi connectivity index (χ0) is 30.8. The molecule has 0 aliphatic heterocycles. The van der Waals surface area contributed by atoms with Gasteiger partial charge in [-0.05, 0) is 83.6 Å². The summed E-state index contributed by atoms with van der Waals surface area (Å²) in [6, 6.07) is 51.0. The summed E-state index contributed by atoms with van der Waals surface area (Å²) in [5.74, 6) is 0.770. The topological polar surface area (TPSA) is 9.86 Å². The summed E-state index contributed by atoms with van der Waals surface area (Å²) in [5.41, 5.74) is 12.5. The van der Waals surface area contributed by atoms with Crippen LogP contribution in [0, 0.1) is 12.8 Å². The quantitative estimate of drug-likeness (QED) is 0.193. The van der Waals surface area contributed by atoms with Crippen LogP contribution in [-0.4, -0.2) is 9.13 Å². The molecule has 2 atom stereocenters. The molecule has 6 aromatic carbocycles. The molecular formula is C44H34N2. The van der Waals surface area contributed by atoms with Crippen LogP contribution in [0.15, 0.2) is 158 Å². The largest absolute Gasteiger partial charge is 0.310 e. The highest BCUT2D eigenvalue weighted by molar-refractivity contribution is 6.12. The van der Waals surface area contributed by atoms with Crippen molar-refractivity contribution in [2.45, 2.75) is 19.8 Å². The van der Waals surface area contributed by atoms with E-state index in [-0.39, 0.29) is 0 Å². The first-order valence-corrected chi connectivity index (χ1v) is 16.2. The number of hydrogen-bond acceptors (Lipinski definition) is 0. The van der Waals surface area contributed by atoms with E-state index in [9.17, 15) is 0 Å². The number of aromatic nitrogens is 2. The monoisotopic (exact) mass is 590 g/mol. The van der Waals surface area contributed by atoms with E-state index in [1.54, 1.807) is 0 Å². The SMILES string of the molecule is Cc1ccccc1C1C=C(n2c3ccccc3c3cc(-c4cccc(-n5c6ccccc6c6ccccc65)c4)ccc32)C=CC1C. The molecule has 2 aromatic heterocycles. The average molecular weight is 591 g/mol. The number of nitrogens with zero attached hydrogens (tertiary/aromatic N) is 2. The Hall–Kier alpha value is -5.60. The molecule has 1 aliphatic carbocycles. The maximum Gasteiger partial charge on any atom is 0.0541 e. The van der Waals surface area contributed by atoms with Crippen LogP contribution in [0.1, 0.15) is 24.0 Å². The zero-order valence-electron chi connectivity index (χ0n) is 26.1. The molecule has 8 aromatic rings. The highest BCUT2D eigenvalue weighted by atomic mass is 15.0. The highest BCUT2D eigenvalue weighted by Crippen LogP contribution is 2.40. The predicted octanol–water partition coefficient (Wildman–Crippen LogP) is 11.7. The van der Waals surface area contributed by atoms with Gasteiger partial charge in [-0.1, -0.05) is 116 Å². The van der Waals surface area contributed by atoms with Crippen molar-refractivity contribution < 1.29 is 0 Å². The molecular weight excluding hydrogens is 556 g/mol. The van der Waals surface area contributed by atoms with Crippen molar-refractivity contribution in [1.82, 2.24) is 9.13 Å². The van der Waals surface area contributed by atoms with Gasteiger partial charge in [-0.2, -0.15) is 0 Å². The Bertz CT molecular complexity index is 2460. The predicted molar refractivity (Wildman–Crippen MR) is 196 cm³/mol.